The molecule has 1 amide bonds. The zero-order chi connectivity index (χ0) is 7.78. The highest BCUT2D eigenvalue weighted by Gasteiger charge is 2.40. The summed E-state index contributed by atoms with van der Waals surface area (Å²) >= 11 is 0. The lowest BCUT2D eigenvalue weighted by molar-refractivity contribution is 0.0526. The first-order valence-corrected chi connectivity index (χ1v) is 3.58. The molecule has 2 atom stereocenters. The van der Waals surface area contributed by atoms with Crippen LogP contribution in [0.15, 0.2) is 0 Å². The summed E-state index contributed by atoms with van der Waals surface area (Å²) in [7, 11) is 0. The van der Waals surface area contributed by atoms with Crippen molar-refractivity contribution in [2.24, 2.45) is 0 Å². The molecule has 10 heavy (non-hydrogen) atoms. The fourth-order valence-corrected chi connectivity index (χ4v) is 1.04. The molecule has 3 nitrogen and oxygen atoms in total. The molecule has 2 unspecified atom stereocenters. The molecule has 0 bridgehead atoms. The third kappa shape index (κ3) is 0.958. The van der Waals surface area contributed by atoms with Crippen LogP contribution in [-0.2, 0) is 4.74 Å². The SMILES string of the molecule is CCC1(C)OC(=O)NC1C. The largest absolute Gasteiger partial charge is 0.441 e. The van der Waals surface area contributed by atoms with Gasteiger partial charge in [-0.05, 0) is 20.3 Å². The molecule has 0 aliphatic carbocycles. The maximum absolute atomic E-state index is 10.7. The number of alkyl carbamates (subject to hydrolysis) is 1. The number of carbonyl (C=O) groups excluding carboxylic acids is 1. The lowest BCUT2D eigenvalue weighted by Gasteiger charge is -2.23. The van der Waals surface area contributed by atoms with Crippen LogP contribution in [-0.4, -0.2) is 17.7 Å². The second kappa shape index (κ2) is 2.15. The van der Waals surface area contributed by atoms with Crippen LogP contribution in [0.4, 0.5) is 4.79 Å². The van der Waals surface area contributed by atoms with Crippen LogP contribution >= 0.6 is 0 Å². The first-order valence-electron chi connectivity index (χ1n) is 3.58. The Bertz CT molecular complexity index is 158. The predicted molar refractivity (Wildman–Crippen MR) is 37.8 cm³/mol. The highest BCUT2D eigenvalue weighted by Crippen LogP contribution is 2.24. The van der Waals surface area contributed by atoms with Crippen LogP contribution in [0.5, 0.6) is 0 Å². The zero-order valence-corrected chi connectivity index (χ0v) is 6.60. The van der Waals surface area contributed by atoms with Gasteiger partial charge in [0, 0.05) is 0 Å². The quantitative estimate of drug-likeness (QED) is 0.600. The fraction of sp³-hybridized carbons (Fsp3) is 0.857. The second-order valence-electron chi connectivity index (χ2n) is 2.92. The number of amides is 1. The molecule has 0 spiro atoms. The average Bonchev–Trinajstić information content (AvgIpc) is 2.09. The summed E-state index contributed by atoms with van der Waals surface area (Å²) in [5.74, 6) is 0. The fourth-order valence-electron chi connectivity index (χ4n) is 1.04. The normalized spacial score (nSPS) is 39.1. The Hall–Kier alpha value is -0.730. The standard InChI is InChI=1S/C7H13NO2/c1-4-7(3)5(2)8-6(9)10-7/h5H,4H2,1-3H3,(H,8,9). The molecule has 1 saturated heterocycles. The molecule has 0 saturated carbocycles. The number of hydrogen-bond donors (Lipinski definition) is 1. The molecule has 0 aromatic carbocycles. The van der Waals surface area contributed by atoms with Crippen molar-refractivity contribution in [3.8, 4) is 0 Å². The van der Waals surface area contributed by atoms with Crippen LogP contribution in [0, 0.1) is 0 Å². The molecule has 0 aromatic heterocycles. The van der Waals surface area contributed by atoms with Crippen molar-refractivity contribution >= 4 is 6.09 Å². The van der Waals surface area contributed by atoms with Crippen molar-refractivity contribution in [3.05, 3.63) is 0 Å². The average molecular weight is 143 g/mol. The van der Waals surface area contributed by atoms with E-state index >= 15 is 0 Å². The Morgan fingerprint density at radius 1 is 1.80 bits per heavy atom. The van der Waals surface area contributed by atoms with Crippen LogP contribution in [0.25, 0.3) is 0 Å². The van der Waals surface area contributed by atoms with Crippen molar-refractivity contribution in [1.29, 1.82) is 0 Å². The molecular formula is C7H13NO2. The van der Waals surface area contributed by atoms with Gasteiger partial charge in [-0.15, -0.1) is 0 Å². The van der Waals surface area contributed by atoms with Crippen molar-refractivity contribution in [3.63, 3.8) is 0 Å². The van der Waals surface area contributed by atoms with Gasteiger partial charge in [-0.2, -0.15) is 0 Å². The number of nitrogens with one attached hydrogen (secondary N) is 1. The lowest BCUT2D eigenvalue weighted by Crippen LogP contribution is -2.37. The maximum atomic E-state index is 10.7. The number of carbonyl (C=O) groups is 1. The van der Waals surface area contributed by atoms with E-state index in [1.165, 1.54) is 0 Å². The van der Waals surface area contributed by atoms with E-state index in [0.29, 0.717) is 0 Å². The third-order valence-corrected chi connectivity index (χ3v) is 2.28. The van der Waals surface area contributed by atoms with Crippen LogP contribution < -0.4 is 5.32 Å². The Labute approximate surface area is 60.7 Å². The molecule has 1 heterocycles. The summed E-state index contributed by atoms with van der Waals surface area (Å²) in [6.45, 7) is 5.90. The Balaban J connectivity index is 2.70. The number of hydrogen-bond acceptors (Lipinski definition) is 2. The summed E-state index contributed by atoms with van der Waals surface area (Å²) in [5.41, 5.74) is -0.295. The Kier molecular flexibility index (Phi) is 1.58. The van der Waals surface area contributed by atoms with E-state index < -0.39 is 0 Å². The van der Waals surface area contributed by atoms with E-state index in [2.05, 4.69) is 5.32 Å². The zero-order valence-electron chi connectivity index (χ0n) is 6.60. The van der Waals surface area contributed by atoms with Crippen LogP contribution in [0.3, 0.4) is 0 Å². The Morgan fingerprint density at radius 3 is 2.60 bits per heavy atom. The van der Waals surface area contributed by atoms with Crippen LogP contribution in [0.1, 0.15) is 27.2 Å². The van der Waals surface area contributed by atoms with Gasteiger partial charge in [-0.25, -0.2) is 4.79 Å². The van der Waals surface area contributed by atoms with Gasteiger partial charge in [0.05, 0.1) is 6.04 Å². The van der Waals surface area contributed by atoms with Crippen molar-refractivity contribution in [2.75, 3.05) is 0 Å². The first kappa shape index (κ1) is 7.38. The van der Waals surface area contributed by atoms with E-state index in [1.54, 1.807) is 0 Å². The van der Waals surface area contributed by atoms with Gasteiger partial charge in [-0.1, -0.05) is 6.92 Å². The predicted octanol–water partition coefficient (Wildman–Crippen LogP) is 1.28. The third-order valence-electron chi connectivity index (χ3n) is 2.28. The van der Waals surface area contributed by atoms with Crippen molar-refractivity contribution < 1.29 is 9.53 Å². The van der Waals surface area contributed by atoms with E-state index in [4.69, 9.17) is 4.74 Å². The van der Waals surface area contributed by atoms with E-state index in [9.17, 15) is 4.79 Å². The van der Waals surface area contributed by atoms with E-state index in [-0.39, 0.29) is 17.7 Å². The number of cyclic esters (lactones) is 1. The molecule has 1 aliphatic heterocycles. The van der Waals surface area contributed by atoms with Crippen molar-refractivity contribution in [2.45, 2.75) is 38.8 Å². The molecule has 0 aromatic rings. The molecular weight excluding hydrogens is 130 g/mol. The highest BCUT2D eigenvalue weighted by atomic mass is 16.6. The van der Waals surface area contributed by atoms with Gasteiger partial charge in [0.2, 0.25) is 0 Å². The van der Waals surface area contributed by atoms with E-state index in [1.807, 2.05) is 20.8 Å². The molecule has 0 radical (unpaired) electrons. The monoisotopic (exact) mass is 143 g/mol. The Morgan fingerprint density at radius 2 is 2.40 bits per heavy atom. The molecule has 3 heteroatoms. The van der Waals surface area contributed by atoms with Gasteiger partial charge in [0.25, 0.3) is 0 Å². The minimum Gasteiger partial charge on any atom is -0.441 e. The summed E-state index contributed by atoms with van der Waals surface area (Å²) in [4.78, 5) is 10.7. The summed E-state index contributed by atoms with van der Waals surface area (Å²) in [5, 5.41) is 2.70. The number of rotatable bonds is 1. The highest BCUT2D eigenvalue weighted by molar-refractivity contribution is 5.70. The van der Waals surface area contributed by atoms with Gasteiger partial charge < -0.3 is 10.1 Å². The maximum Gasteiger partial charge on any atom is 0.408 e. The van der Waals surface area contributed by atoms with Gasteiger partial charge >= 0.3 is 6.09 Å². The van der Waals surface area contributed by atoms with Crippen LogP contribution in [0.2, 0.25) is 0 Å². The minimum atomic E-state index is -0.295. The number of ether oxygens (including phenoxy) is 1. The smallest absolute Gasteiger partial charge is 0.408 e. The summed E-state index contributed by atoms with van der Waals surface area (Å²) < 4.78 is 5.06. The molecule has 58 valence electrons. The van der Waals surface area contributed by atoms with Crippen molar-refractivity contribution in [1.82, 2.24) is 5.32 Å². The molecule has 1 aliphatic rings. The van der Waals surface area contributed by atoms with Gasteiger partial charge in [-0.3, -0.25) is 0 Å². The van der Waals surface area contributed by atoms with Gasteiger partial charge in [0.15, 0.2) is 0 Å². The second-order valence-corrected chi connectivity index (χ2v) is 2.92. The first-order chi connectivity index (χ1) is 4.58. The topological polar surface area (TPSA) is 38.3 Å². The summed E-state index contributed by atoms with van der Waals surface area (Å²) in [6.07, 6.45) is 0.559. The van der Waals surface area contributed by atoms with Gasteiger partial charge in [0.1, 0.15) is 5.60 Å². The molecule has 1 fully saturated rings. The lowest BCUT2D eigenvalue weighted by atomic mass is 9.96. The minimum absolute atomic E-state index is 0.130. The summed E-state index contributed by atoms with van der Waals surface area (Å²) in [6, 6.07) is 0.130. The molecule has 1 rings (SSSR count). The van der Waals surface area contributed by atoms with E-state index in [0.717, 1.165) is 6.42 Å². The molecule has 1 N–H and O–H groups in total.